The van der Waals surface area contributed by atoms with Gasteiger partial charge in [-0.05, 0) is 18.6 Å². The molecule has 0 aromatic carbocycles. The monoisotopic (exact) mass is 164 g/mol. The van der Waals surface area contributed by atoms with Crippen molar-refractivity contribution >= 4 is 22.3 Å². The summed E-state index contributed by atoms with van der Waals surface area (Å²) >= 11 is 0. The predicted molar refractivity (Wildman–Crippen MR) is 40.4 cm³/mol. The lowest BCUT2D eigenvalue weighted by molar-refractivity contribution is 0.405. The van der Waals surface area contributed by atoms with Gasteiger partial charge in [-0.3, -0.25) is 0 Å². The highest BCUT2D eigenvalue weighted by Gasteiger charge is 2.19. The predicted octanol–water partition coefficient (Wildman–Crippen LogP) is 1.88. The summed E-state index contributed by atoms with van der Waals surface area (Å²) in [4.78, 5) is 10.7. The van der Waals surface area contributed by atoms with E-state index in [1.807, 2.05) is 13.0 Å². The summed E-state index contributed by atoms with van der Waals surface area (Å²) in [6, 6.07) is 1.82. The Kier molecular flexibility index (Phi) is 0.760. The summed E-state index contributed by atoms with van der Waals surface area (Å²) in [6.07, 6.45) is 0. The Balaban J connectivity index is 2.76. The first kappa shape index (κ1) is 5.88. The molecule has 4 heteroatoms. The molecular formula is C8H4O4. The molecule has 0 saturated carbocycles. The maximum absolute atomic E-state index is 10.7. The van der Waals surface area contributed by atoms with E-state index in [4.69, 9.17) is 13.3 Å². The summed E-state index contributed by atoms with van der Waals surface area (Å²) in [6.45, 7) is 1.89. The summed E-state index contributed by atoms with van der Waals surface area (Å²) < 4.78 is 14.8. The van der Waals surface area contributed by atoms with Crippen molar-refractivity contribution in [1.82, 2.24) is 0 Å². The van der Waals surface area contributed by atoms with Crippen molar-refractivity contribution in [3.63, 3.8) is 0 Å². The lowest BCUT2D eigenvalue weighted by Crippen LogP contribution is -1.84. The van der Waals surface area contributed by atoms with Gasteiger partial charge in [-0.15, -0.1) is 0 Å². The molecule has 0 radical (unpaired) electrons. The van der Waals surface area contributed by atoms with Gasteiger partial charge in [0.1, 0.15) is 0 Å². The first-order valence-electron chi connectivity index (χ1n) is 3.51. The van der Waals surface area contributed by atoms with Crippen molar-refractivity contribution in [3.05, 3.63) is 22.2 Å². The molecule has 0 unspecified atom stereocenters. The Hall–Kier alpha value is -1.71. The highest BCUT2D eigenvalue weighted by molar-refractivity contribution is 6.01. The highest BCUT2D eigenvalue weighted by Crippen LogP contribution is 2.33. The molecule has 0 aliphatic carbocycles. The molecule has 0 aliphatic rings. The highest BCUT2D eigenvalue weighted by atomic mass is 16.6. The molecule has 0 amide bonds. The van der Waals surface area contributed by atoms with Crippen molar-refractivity contribution in [2.24, 2.45) is 0 Å². The van der Waals surface area contributed by atoms with Crippen LogP contribution >= 0.6 is 0 Å². The molecule has 3 aromatic heterocycles. The molecule has 0 fully saturated rings. The fourth-order valence-corrected chi connectivity index (χ4v) is 1.41. The van der Waals surface area contributed by atoms with Gasteiger partial charge in [0, 0.05) is 0 Å². The Morgan fingerprint density at radius 3 is 2.67 bits per heavy atom. The molecule has 0 atom stereocenters. The third-order valence-electron chi connectivity index (χ3n) is 1.92. The zero-order chi connectivity index (χ0) is 8.29. The zero-order valence-corrected chi connectivity index (χ0v) is 6.21. The topological polar surface area (TPSA) is 56.5 Å². The van der Waals surface area contributed by atoms with Crippen LogP contribution in [0.3, 0.4) is 0 Å². The molecule has 3 heterocycles. The largest absolute Gasteiger partial charge is 0.519 e. The normalized spacial score (nSPS) is 12.1. The van der Waals surface area contributed by atoms with Crippen LogP contribution in [0.4, 0.5) is 0 Å². The van der Waals surface area contributed by atoms with E-state index in [1.54, 1.807) is 0 Å². The molecule has 60 valence electrons. The van der Waals surface area contributed by atoms with Crippen molar-refractivity contribution in [3.8, 4) is 0 Å². The van der Waals surface area contributed by atoms with Gasteiger partial charge >= 0.3 is 5.82 Å². The number of hydrogen-bond acceptors (Lipinski definition) is 4. The van der Waals surface area contributed by atoms with Crippen LogP contribution in [0.2, 0.25) is 0 Å². The van der Waals surface area contributed by atoms with E-state index in [0.29, 0.717) is 22.3 Å². The van der Waals surface area contributed by atoms with Crippen molar-refractivity contribution < 1.29 is 13.3 Å². The van der Waals surface area contributed by atoms with E-state index < -0.39 is 5.82 Å². The van der Waals surface area contributed by atoms with Gasteiger partial charge in [0.05, 0.1) is 0 Å². The minimum atomic E-state index is -0.679. The lowest BCUT2D eigenvalue weighted by Gasteiger charge is -1.79. The zero-order valence-electron chi connectivity index (χ0n) is 6.21. The van der Waals surface area contributed by atoms with Gasteiger partial charge in [0.2, 0.25) is 11.2 Å². The minimum absolute atomic E-state index is 0.417. The Morgan fingerprint density at radius 1 is 1.08 bits per heavy atom. The lowest BCUT2D eigenvalue weighted by atomic mass is 10.2. The van der Waals surface area contributed by atoms with Gasteiger partial charge in [0.15, 0.2) is 11.2 Å². The van der Waals surface area contributed by atoms with Crippen molar-refractivity contribution in [2.45, 2.75) is 6.92 Å². The molecule has 12 heavy (non-hydrogen) atoms. The van der Waals surface area contributed by atoms with Gasteiger partial charge < -0.3 is 13.3 Å². The molecule has 3 aromatic rings. The average molecular weight is 164 g/mol. The third kappa shape index (κ3) is 0.480. The second kappa shape index (κ2) is 1.55. The minimum Gasteiger partial charge on any atom is -0.449 e. The van der Waals surface area contributed by atoms with E-state index in [-0.39, 0.29) is 0 Å². The molecule has 0 aliphatic heterocycles. The number of hydrogen-bond donors (Lipinski definition) is 0. The summed E-state index contributed by atoms with van der Waals surface area (Å²) in [7, 11) is 0. The van der Waals surface area contributed by atoms with Crippen LogP contribution in [-0.4, -0.2) is 0 Å². The molecule has 0 spiro atoms. The van der Waals surface area contributed by atoms with E-state index in [0.717, 1.165) is 5.56 Å². The number of aryl methyl sites for hydroxylation is 1. The number of furan rings is 2. The molecule has 3 rings (SSSR count). The van der Waals surface area contributed by atoms with Gasteiger partial charge in [-0.2, -0.15) is 0 Å². The van der Waals surface area contributed by atoms with E-state index in [1.165, 1.54) is 0 Å². The van der Waals surface area contributed by atoms with Crippen LogP contribution in [0.5, 0.6) is 0 Å². The van der Waals surface area contributed by atoms with Crippen LogP contribution in [0.1, 0.15) is 5.56 Å². The first-order chi connectivity index (χ1) is 5.75. The van der Waals surface area contributed by atoms with Crippen molar-refractivity contribution in [1.29, 1.82) is 0 Å². The molecule has 2 bridgehead atoms. The maximum atomic E-state index is 10.7. The standard InChI is InChI=1S/C8H4O4/c1-3-2-4-6-7(5(3)10-4)12-8(9)11-6/h2H,1H3. The van der Waals surface area contributed by atoms with Gasteiger partial charge in [0.25, 0.3) is 0 Å². The fraction of sp³-hybridized carbons (Fsp3) is 0.125. The maximum Gasteiger partial charge on any atom is 0.519 e. The second-order valence-electron chi connectivity index (χ2n) is 2.74. The van der Waals surface area contributed by atoms with Crippen molar-refractivity contribution in [2.75, 3.05) is 0 Å². The van der Waals surface area contributed by atoms with Crippen LogP contribution in [0.25, 0.3) is 22.3 Å². The number of fused-ring (bicyclic) bond motifs is 5. The van der Waals surface area contributed by atoms with E-state index in [9.17, 15) is 4.79 Å². The Labute approximate surface area is 65.7 Å². The second-order valence-corrected chi connectivity index (χ2v) is 2.74. The van der Waals surface area contributed by atoms with Gasteiger partial charge in [-0.1, -0.05) is 0 Å². The van der Waals surface area contributed by atoms with Crippen LogP contribution in [0.15, 0.2) is 24.1 Å². The Bertz CT molecular complexity index is 595. The summed E-state index contributed by atoms with van der Waals surface area (Å²) in [5.41, 5.74) is 2.98. The number of rotatable bonds is 0. The van der Waals surface area contributed by atoms with Crippen LogP contribution in [-0.2, 0) is 0 Å². The third-order valence-corrected chi connectivity index (χ3v) is 1.92. The van der Waals surface area contributed by atoms with Crippen LogP contribution in [0, 0.1) is 6.92 Å². The number of benzene rings is 1. The quantitative estimate of drug-likeness (QED) is 0.509. The Morgan fingerprint density at radius 2 is 1.83 bits per heavy atom. The molecule has 0 N–H and O–H groups in total. The summed E-state index contributed by atoms with van der Waals surface area (Å²) in [5, 5.41) is 0. The smallest absolute Gasteiger partial charge is 0.449 e. The first-order valence-corrected chi connectivity index (χ1v) is 3.51. The molecular weight excluding hydrogens is 160 g/mol. The molecule has 4 nitrogen and oxygen atoms in total. The van der Waals surface area contributed by atoms with Crippen LogP contribution < -0.4 is 5.82 Å². The average Bonchev–Trinajstić information content (AvgIpc) is 2.57. The fourth-order valence-electron chi connectivity index (χ4n) is 1.41. The van der Waals surface area contributed by atoms with Gasteiger partial charge in [-0.25, -0.2) is 4.79 Å². The van der Waals surface area contributed by atoms with E-state index in [2.05, 4.69) is 0 Å². The SMILES string of the molecule is Cc1cc2oc1c1oc(=O)oc21. The van der Waals surface area contributed by atoms with E-state index >= 15 is 0 Å². The summed E-state index contributed by atoms with van der Waals surface area (Å²) in [5.74, 6) is -0.679. The molecule has 0 saturated heterocycles.